The van der Waals surface area contributed by atoms with Crippen LogP contribution in [0.2, 0.25) is 0 Å². The second-order valence-electron chi connectivity index (χ2n) is 6.63. The molecule has 2 aromatic carbocycles. The van der Waals surface area contributed by atoms with Crippen molar-refractivity contribution in [1.29, 1.82) is 0 Å². The van der Waals surface area contributed by atoms with Gasteiger partial charge in [0.15, 0.2) is 5.69 Å². The fraction of sp³-hybridized carbons (Fsp3) is 0.286. The fourth-order valence-electron chi connectivity index (χ4n) is 2.88. The van der Waals surface area contributed by atoms with Crippen LogP contribution >= 0.6 is 0 Å². The van der Waals surface area contributed by atoms with Crippen LogP contribution in [-0.4, -0.2) is 32.6 Å². The van der Waals surface area contributed by atoms with Crippen molar-refractivity contribution in [2.24, 2.45) is 0 Å². The summed E-state index contributed by atoms with van der Waals surface area (Å²) in [5.74, 6) is -0.867. The Balaban J connectivity index is 1.62. The van der Waals surface area contributed by atoms with E-state index < -0.39 is 17.8 Å². The maximum absolute atomic E-state index is 13.2. The van der Waals surface area contributed by atoms with Gasteiger partial charge in [-0.15, -0.1) is 5.10 Å². The van der Waals surface area contributed by atoms with E-state index in [2.05, 4.69) is 34.7 Å². The molecule has 146 valence electrons. The summed E-state index contributed by atoms with van der Waals surface area (Å²) in [7, 11) is 0. The molecule has 28 heavy (non-hydrogen) atoms. The van der Waals surface area contributed by atoms with E-state index in [1.54, 1.807) is 17.7 Å². The van der Waals surface area contributed by atoms with E-state index in [1.807, 2.05) is 12.1 Å². The number of nitrogens with one attached hydrogen (secondary N) is 1. The lowest BCUT2D eigenvalue weighted by atomic mass is 10.1. The first-order valence-corrected chi connectivity index (χ1v) is 9.17. The zero-order chi connectivity index (χ0) is 20.1. The Morgan fingerprint density at radius 1 is 1.21 bits per heavy atom. The minimum Gasteiger partial charge on any atom is -0.387 e. The van der Waals surface area contributed by atoms with Gasteiger partial charge in [0.05, 0.1) is 18.3 Å². The third kappa shape index (κ3) is 4.61. The van der Waals surface area contributed by atoms with Gasteiger partial charge in [0.1, 0.15) is 5.82 Å². The van der Waals surface area contributed by atoms with Crippen molar-refractivity contribution < 1.29 is 14.3 Å². The molecule has 0 bridgehead atoms. The summed E-state index contributed by atoms with van der Waals surface area (Å²) in [6.45, 7) is 4.35. The van der Waals surface area contributed by atoms with Crippen molar-refractivity contribution in [2.75, 3.05) is 6.54 Å². The highest BCUT2D eigenvalue weighted by molar-refractivity contribution is 5.93. The minimum absolute atomic E-state index is 0.0485. The molecule has 1 atom stereocenters. The summed E-state index contributed by atoms with van der Waals surface area (Å²) in [4.78, 5) is 12.4. The lowest BCUT2D eigenvalue weighted by Gasteiger charge is -2.12. The van der Waals surface area contributed by atoms with Crippen LogP contribution in [0.4, 0.5) is 4.39 Å². The molecule has 0 spiro atoms. The van der Waals surface area contributed by atoms with Crippen LogP contribution in [0, 0.1) is 12.7 Å². The van der Waals surface area contributed by atoms with Crippen LogP contribution in [0.15, 0.2) is 48.5 Å². The van der Waals surface area contributed by atoms with Crippen LogP contribution in [-0.2, 0) is 13.0 Å². The van der Waals surface area contributed by atoms with Gasteiger partial charge in [-0.25, -0.2) is 9.07 Å². The summed E-state index contributed by atoms with van der Waals surface area (Å²) in [6.07, 6.45) is -0.0268. The largest absolute Gasteiger partial charge is 0.387 e. The topological polar surface area (TPSA) is 80.0 Å². The van der Waals surface area contributed by atoms with Crippen molar-refractivity contribution in [3.05, 3.63) is 82.4 Å². The number of amides is 1. The highest BCUT2D eigenvalue weighted by Gasteiger charge is 2.18. The SMILES string of the molecule is CCc1ccc(Cn2nnc(C(=O)NC[C@H](O)c3cccc(F)c3)c2C)cc1. The highest BCUT2D eigenvalue weighted by Crippen LogP contribution is 2.14. The van der Waals surface area contributed by atoms with Gasteiger partial charge in [0.2, 0.25) is 0 Å². The predicted molar refractivity (Wildman–Crippen MR) is 103 cm³/mol. The van der Waals surface area contributed by atoms with Crippen molar-refractivity contribution in [3.8, 4) is 0 Å². The van der Waals surface area contributed by atoms with Crippen LogP contribution < -0.4 is 5.32 Å². The molecule has 0 aliphatic rings. The number of benzene rings is 2. The molecule has 7 heteroatoms. The zero-order valence-electron chi connectivity index (χ0n) is 15.9. The number of aromatic nitrogens is 3. The van der Waals surface area contributed by atoms with Gasteiger partial charge in [-0.2, -0.15) is 0 Å². The highest BCUT2D eigenvalue weighted by atomic mass is 19.1. The van der Waals surface area contributed by atoms with Crippen LogP contribution in [0.5, 0.6) is 0 Å². The van der Waals surface area contributed by atoms with Crippen LogP contribution in [0.25, 0.3) is 0 Å². The Hall–Kier alpha value is -3.06. The number of hydrogen-bond acceptors (Lipinski definition) is 4. The second-order valence-corrected chi connectivity index (χ2v) is 6.63. The third-order valence-electron chi connectivity index (χ3n) is 4.65. The monoisotopic (exact) mass is 382 g/mol. The molecule has 1 heterocycles. The first-order valence-electron chi connectivity index (χ1n) is 9.17. The number of carbonyl (C=O) groups excluding carboxylic acids is 1. The molecule has 1 aromatic heterocycles. The average Bonchev–Trinajstić information content (AvgIpc) is 3.06. The Morgan fingerprint density at radius 3 is 2.61 bits per heavy atom. The van der Waals surface area contributed by atoms with Gasteiger partial charge in [0.25, 0.3) is 5.91 Å². The van der Waals surface area contributed by atoms with E-state index in [1.165, 1.54) is 23.8 Å². The van der Waals surface area contributed by atoms with Gasteiger partial charge in [-0.1, -0.05) is 48.5 Å². The molecule has 0 radical (unpaired) electrons. The molecule has 3 aromatic rings. The quantitative estimate of drug-likeness (QED) is 0.659. The minimum atomic E-state index is -1.01. The van der Waals surface area contributed by atoms with Crippen molar-refractivity contribution in [3.63, 3.8) is 0 Å². The summed E-state index contributed by atoms with van der Waals surface area (Å²) in [6, 6.07) is 13.9. The smallest absolute Gasteiger partial charge is 0.273 e. The average molecular weight is 382 g/mol. The Labute approximate surface area is 163 Å². The Kier molecular flexibility index (Phi) is 6.16. The lowest BCUT2D eigenvalue weighted by Crippen LogP contribution is -2.29. The first kappa shape index (κ1) is 19.7. The lowest BCUT2D eigenvalue weighted by molar-refractivity contribution is 0.0910. The molecule has 1 amide bonds. The number of aliphatic hydroxyl groups excluding tert-OH is 1. The Morgan fingerprint density at radius 2 is 1.93 bits per heavy atom. The van der Waals surface area contributed by atoms with Crippen LogP contribution in [0.1, 0.15) is 45.9 Å². The van der Waals surface area contributed by atoms with E-state index >= 15 is 0 Å². The number of nitrogens with zero attached hydrogens (tertiary/aromatic N) is 3. The molecule has 6 nitrogen and oxygen atoms in total. The molecule has 0 aliphatic heterocycles. The van der Waals surface area contributed by atoms with Gasteiger partial charge >= 0.3 is 0 Å². The van der Waals surface area contributed by atoms with Crippen molar-refractivity contribution >= 4 is 5.91 Å². The summed E-state index contributed by atoms with van der Waals surface area (Å²) in [5.41, 5.74) is 3.57. The number of hydrogen-bond donors (Lipinski definition) is 2. The van der Waals surface area contributed by atoms with E-state index in [0.29, 0.717) is 17.8 Å². The number of aliphatic hydroxyl groups is 1. The van der Waals surface area contributed by atoms with Crippen molar-refractivity contribution in [1.82, 2.24) is 20.3 Å². The van der Waals surface area contributed by atoms with Gasteiger partial charge in [0, 0.05) is 6.54 Å². The van der Waals surface area contributed by atoms with Gasteiger partial charge in [-0.05, 0) is 42.2 Å². The molecule has 3 rings (SSSR count). The van der Waals surface area contributed by atoms with Gasteiger partial charge in [-0.3, -0.25) is 4.79 Å². The molecule has 0 saturated heterocycles. The standard InChI is InChI=1S/C21H23FN4O2/c1-3-15-7-9-16(10-8-15)13-26-14(2)20(24-25-26)21(28)23-12-19(27)17-5-4-6-18(22)11-17/h4-11,19,27H,3,12-13H2,1-2H3,(H,23,28)/t19-/m0/s1. The predicted octanol–water partition coefficient (Wildman–Crippen LogP) is 2.80. The molecule has 0 fully saturated rings. The summed E-state index contributed by atoms with van der Waals surface area (Å²) in [5, 5.41) is 20.8. The van der Waals surface area contributed by atoms with Crippen LogP contribution in [0.3, 0.4) is 0 Å². The van der Waals surface area contributed by atoms with E-state index in [9.17, 15) is 14.3 Å². The van der Waals surface area contributed by atoms with E-state index in [4.69, 9.17) is 0 Å². The zero-order valence-corrected chi connectivity index (χ0v) is 15.9. The molecular weight excluding hydrogens is 359 g/mol. The summed E-state index contributed by atoms with van der Waals surface area (Å²) < 4.78 is 14.9. The molecule has 0 aliphatic carbocycles. The van der Waals surface area contributed by atoms with E-state index in [0.717, 1.165) is 12.0 Å². The second kappa shape index (κ2) is 8.75. The molecule has 0 unspecified atom stereocenters. The normalized spacial score (nSPS) is 12.0. The van der Waals surface area contributed by atoms with Crippen molar-refractivity contribution in [2.45, 2.75) is 32.9 Å². The number of carbonyl (C=O) groups is 1. The molecular formula is C21H23FN4O2. The summed E-state index contributed by atoms with van der Waals surface area (Å²) >= 11 is 0. The number of aryl methyl sites for hydroxylation is 1. The first-order chi connectivity index (χ1) is 13.5. The maximum Gasteiger partial charge on any atom is 0.273 e. The number of rotatable bonds is 7. The maximum atomic E-state index is 13.2. The Bertz CT molecular complexity index is 953. The van der Waals surface area contributed by atoms with Gasteiger partial charge < -0.3 is 10.4 Å². The molecule has 0 saturated carbocycles. The fourth-order valence-corrected chi connectivity index (χ4v) is 2.88. The number of halogens is 1. The van der Waals surface area contributed by atoms with E-state index in [-0.39, 0.29) is 12.2 Å². The molecule has 2 N–H and O–H groups in total. The third-order valence-corrected chi connectivity index (χ3v) is 4.65.